The smallest absolute Gasteiger partial charge is 0.234 e. The van der Waals surface area contributed by atoms with Gasteiger partial charge in [0.1, 0.15) is 0 Å². The minimum Gasteiger partial charge on any atom is -0.325 e. The van der Waals surface area contributed by atoms with Crippen molar-refractivity contribution in [1.29, 1.82) is 0 Å². The maximum atomic E-state index is 12.0. The van der Waals surface area contributed by atoms with Crippen LogP contribution in [0.5, 0.6) is 0 Å². The molecule has 1 N–H and O–H groups in total. The fourth-order valence-corrected chi connectivity index (χ4v) is 2.69. The standard InChI is InChI=1S/C15H14N4OS/c1-11-5-4-6-12(9-11)16-14(20)10-21-15-18-17-13-7-2-3-8-19(13)15/h2-9H,10H2,1H3,(H,16,20). The number of carbonyl (C=O) groups is 1. The lowest BCUT2D eigenvalue weighted by molar-refractivity contribution is -0.113. The van der Waals surface area contributed by atoms with Crippen molar-refractivity contribution in [3.63, 3.8) is 0 Å². The van der Waals surface area contributed by atoms with Crippen molar-refractivity contribution in [2.45, 2.75) is 12.1 Å². The second kappa shape index (κ2) is 5.97. The zero-order valence-corrected chi connectivity index (χ0v) is 12.3. The van der Waals surface area contributed by atoms with Gasteiger partial charge in [-0.3, -0.25) is 9.20 Å². The maximum absolute atomic E-state index is 12.0. The molecule has 0 saturated carbocycles. The fourth-order valence-electron chi connectivity index (χ4n) is 1.97. The molecule has 1 amide bonds. The molecule has 5 nitrogen and oxygen atoms in total. The van der Waals surface area contributed by atoms with E-state index in [1.807, 2.05) is 60.0 Å². The van der Waals surface area contributed by atoms with E-state index in [1.54, 1.807) is 0 Å². The molecule has 0 saturated heterocycles. The second-order valence-electron chi connectivity index (χ2n) is 4.62. The molecule has 0 fully saturated rings. The Labute approximate surface area is 126 Å². The number of anilines is 1. The predicted molar refractivity (Wildman–Crippen MR) is 83.5 cm³/mol. The molecule has 0 spiro atoms. The molecule has 0 atom stereocenters. The number of benzene rings is 1. The molecule has 3 rings (SSSR count). The summed E-state index contributed by atoms with van der Waals surface area (Å²) in [6.45, 7) is 1.99. The summed E-state index contributed by atoms with van der Waals surface area (Å²) in [5, 5.41) is 11.7. The largest absolute Gasteiger partial charge is 0.325 e. The molecule has 0 aliphatic rings. The van der Waals surface area contributed by atoms with E-state index >= 15 is 0 Å². The number of nitrogens with one attached hydrogen (secondary N) is 1. The minimum atomic E-state index is -0.0571. The van der Waals surface area contributed by atoms with Crippen molar-refractivity contribution in [3.8, 4) is 0 Å². The lowest BCUT2D eigenvalue weighted by Crippen LogP contribution is -2.14. The van der Waals surface area contributed by atoms with Crippen molar-refractivity contribution in [2.75, 3.05) is 11.1 Å². The molecule has 21 heavy (non-hydrogen) atoms. The molecule has 6 heteroatoms. The van der Waals surface area contributed by atoms with Crippen LogP contribution in [0, 0.1) is 6.92 Å². The van der Waals surface area contributed by atoms with E-state index in [0.29, 0.717) is 10.9 Å². The number of aromatic nitrogens is 3. The third-order valence-corrected chi connectivity index (χ3v) is 3.86. The molecular formula is C15H14N4OS. The first-order chi connectivity index (χ1) is 10.2. The highest BCUT2D eigenvalue weighted by atomic mass is 32.2. The van der Waals surface area contributed by atoms with Crippen molar-refractivity contribution in [2.24, 2.45) is 0 Å². The van der Waals surface area contributed by atoms with Gasteiger partial charge >= 0.3 is 0 Å². The topological polar surface area (TPSA) is 59.3 Å². The molecule has 2 aromatic heterocycles. The molecule has 0 bridgehead atoms. The Morgan fingerprint density at radius 2 is 2.14 bits per heavy atom. The average molecular weight is 298 g/mol. The number of amides is 1. The van der Waals surface area contributed by atoms with Gasteiger partial charge in [0.25, 0.3) is 0 Å². The van der Waals surface area contributed by atoms with Crippen LogP contribution in [0.1, 0.15) is 5.56 Å². The Hall–Kier alpha value is -2.34. The van der Waals surface area contributed by atoms with Crippen molar-refractivity contribution >= 4 is 29.0 Å². The SMILES string of the molecule is Cc1cccc(NC(=O)CSc2nnc3ccccn23)c1. The molecule has 106 valence electrons. The number of fused-ring (bicyclic) bond motifs is 1. The van der Waals surface area contributed by atoms with E-state index in [9.17, 15) is 4.79 Å². The Kier molecular flexibility index (Phi) is 3.87. The van der Waals surface area contributed by atoms with E-state index < -0.39 is 0 Å². The summed E-state index contributed by atoms with van der Waals surface area (Å²) in [6.07, 6.45) is 1.89. The Bertz CT molecular complexity index is 784. The Balaban J connectivity index is 1.63. The van der Waals surface area contributed by atoms with Crippen molar-refractivity contribution in [3.05, 3.63) is 54.2 Å². The summed E-state index contributed by atoms with van der Waals surface area (Å²) in [5.74, 6) is 0.238. The van der Waals surface area contributed by atoms with Gasteiger partial charge in [-0.25, -0.2) is 0 Å². The average Bonchev–Trinajstić information content (AvgIpc) is 2.88. The van der Waals surface area contributed by atoms with Crippen LogP contribution >= 0.6 is 11.8 Å². The monoisotopic (exact) mass is 298 g/mol. The summed E-state index contributed by atoms with van der Waals surface area (Å²) in [4.78, 5) is 12.0. The number of carbonyl (C=O) groups excluding carboxylic acids is 1. The van der Waals surface area contributed by atoms with E-state index in [2.05, 4.69) is 15.5 Å². The molecule has 0 radical (unpaired) electrons. The van der Waals surface area contributed by atoms with E-state index in [4.69, 9.17) is 0 Å². The first kappa shape index (κ1) is 13.6. The number of rotatable bonds is 4. The molecule has 1 aromatic carbocycles. The third kappa shape index (κ3) is 3.22. The summed E-state index contributed by atoms with van der Waals surface area (Å²) in [7, 11) is 0. The Morgan fingerprint density at radius 3 is 3.00 bits per heavy atom. The lowest BCUT2D eigenvalue weighted by atomic mass is 10.2. The van der Waals surface area contributed by atoms with Gasteiger partial charge in [0.05, 0.1) is 5.75 Å². The molecular weight excluding hydrogens is 284 g/mol. The van der Waals surface area contributed by atoms with Crippen molar-refractivity contribution < 1.29 is 4.79 Å². The van der Waals surface area contributed by atoms with Crippen molar-refractivity contribution in [1.82, 2.24) is 14.6 Å². The second-order valence-corrected chi connectivity index (χ2v) is 5.56. The highest BCUT2D eigenvalue weighted by molar-refractivity contribution is 7.99. The fraction of sp³-hybridized carbons (Fsp3) is 0.133. The van der Waals surface area contributed by atoms with Gasteiger partial charge in [0.15, 0.2) is 10.8 Å². The highest BCUT2D eigenvalue weighted by Crippen LogP contribution is 2.17. The number of nitrogens with zero attached hydrogens (tertiary/aromatic N) is 3. The molecule has 0 unspecified atom stereocenters. The Morgan fingerprint density at radius 1 is 1.24 bits per heavy atom. The number of aryl methyl sites for hydroxylation is 1. The first-order valence-electron chi connectivity index (χ1n) is 6.51. The zero-order valence-electron chi connectivity index (χ0n) is 11.5. The van der Waals surface area contributed by atoms with Gasteiger partial charge in [-0.05, 0) is 36.8 Å². The summed E-state index contributed by atoms with van der Waals surface area (Å²) < 4.78 is 1.87. The lowest BCUT2D eigenvalue weighted by Gasteiger charge is -2.05. The summed E-state index contributed by atoms with van der Waals surface area (Å²) in [6, 6.07) is 13.4. The molecule has 0 aliphatic carbocycles. The first-order valence-corrected chi connectivity index (χ1v) is 7.50. The summed E-state index contributed by atoms with van der Waals surface area (Å²) in [5.41, 5.74) is 2.70. The van der Waals surface area contributed by atoms with E-state index in [0.717, 1.165) is 16.9 Å². The van der Waals surface area contributed by atoms with Gasteiger partial charge in [-0.1, -0.05) is 30.0 Å². The van der Waals surface area contributed by atoms with E-state index in [-0.39, 0.29) is 5.91 Å². The normalized spacial score (nSPS) is 10.7. The number of pyridine rings is 1. The van der Waals surface area contributed by atoms with Gasteiger partial charge in [-0.15, -0.1) is 10.2 Å². The summed E-state index contributed by atoms with van der Waals surface area (Å²) >= 11 is 1.37. The highest BCUT2D eigenvalue weighted by Gasteiger charge is 2.09. The van der Waals surface area contributed by atoms with Crippen LogP contribution < -0.4 is 5.32 Å². The molecule has 0 aliphatic heterocycles. The molecule has 3 aromatic rings. The van der Waals surface area contributed by atoms with Crippen LogP contribution in [0.4, 0.5) is 5.69 Å². The van der Waals surface area contributed by atoms with Crippen LogP contribution in [-0.2, 0) is 4.79 Å². The van der Waals surface area contributed by atoms with E-state index in [1.165, 1.54) is 11.8 Å². The van der Waals surface area contributed by atoms with Crippen LogP contribution in [0.25, 0.3) is 5.65 Å². The third-order valence-electron chi connectivity index (χ3n) is 2.92. The number of hydrogen-bond donors (Lipinski definition) is 1. The predicted octanol–water partition coefficient (Wildman–Crippen LogP) is 2.77. The van der Waals surface area contributed by atoms with Crippen LogP contribution in [-0.4, -0.2) is 26.3 Å². The van der Waals surface area contributed by atoms with Gasteiger partial charge in [-0.2, -0.15) is 0 Å². The van der Waals surface area contributed by atoms with Crippen LogP contribution in [0.3, 0.4) is 0 Å². The molecule has 2 heterocycles. The zero-order chi connectivity index (χ0) is 14.7. The maximum Gasteiger partial charge on any atom is 0.234 e. The number of hydrogen-bond acceptors (Lipinski definition) is 4. The quantitative estimate of drug-likeness (QED) is 0.752. The van der Waals surface area contributed by atoms with Crippen LogP contribution in [0.15, 0.2) is 53.8 Å². The minimum absolute atomic E-state index is 0.0571. The van der Waals surface area contributed by atoms with Crippen LogP contribution in [0.2, 0.25) is 0 Å². The van der Waals surface area contributed by atoms with Gasteiger partial charge in [0, 0.05) is 11.9 Å². The number of thioether (sulfide) groups is 1. The van der Waals surface area contributed by atoms with Gasteiger partial charge < -0.3 is 5.32 Å². The van der Waals surface area contributed by atoms with Gasteiger partial charge in [0.2, 0.25) is 5.91 Å².